The van der Waals surface area contributed by atoms with Crippen molar-refractivity contribution >= 4 is 5.91 Å². The van der Waals surface area contributed by atoms with Crippen molar-refractivity contribution in [3.8, 4) is 23.0 Å². The van der Waals surface area contributed by atoms with E-state index in [0.717, 1.165) is 36.7 Å². The van der Waals surface area contributed by atoms with E-state index in [1.54, 1.807) is 14.2 Å². The molecule has 2 aliphatic rings. The number of methoxy groups -OCH3 is 2. The first-order valence-electron chi connectivity index (χ1n) is 9.30. The van der Waals surface area contributed by atoms with Crippen LogP contribution in [0.25, 0.3) is 0 Å². The van der Waals surface area contributed by atoms with E-state index in [9.17, 15) is 4.79 Å². The molecule has 28 heavy (non-hydrogen) atoms. The lowest BCUT2D eigenvalue weighted by molar-refractivity contribution is 0.0624. The van der Waals surface area contributed by atoms with E-state index in [2.05, 4.69) is 4.90 Å². The van der Waals surface area contributed by atoms with E-state index in [-0.39, 0.29) is 12.7 Å². The van der Waals surface area contributed by atoms with Crippen molar-refractivity contribution in [3.05, 3.63) is 47.5 Å². The summed E-state index contributed by atoms with van der Waals surface area (Å²) in [5.74, 6) is 2.88. The average molecular weight is 384 g/mol. The normalized spacial score (nSPS) is 16.1. The van der Waals surface area contributed by atoms with Gasteiger partial charge < -0.3 is 23.8 Å². The fourth-order valence-electron chi connectivity index (χ4n) is 3.62. The molecule has 2 heterocycles. The molecule has 2 aromatic rings. The molecule has 1 fully saturated rings. The molecule has 2 aromatic carbocycles. The topological polar surface area (TPSA) is 60.5 Å². The Balaban J connectivity index is 1.40. The summed E-state index contributed by atoms with van der Waals surface area (Å²) in [5, 5.41) is 0. The molecule has 0 radical (unpaired) electrons. The van der Waals surface area contributed by atoms with E-state index in [1.807, 2.05) is 41.3 Å². The zero-order valence-corrected chi connectivity index (χ0v) is 16.1. The van der Waals surface area contributed by atoms with Crippen LogP contribution in [0.5, 0.6) is 23.0 Å². The van der Waals surface area contributed by atoms with Gasteiger partial charge in [-0.1, -0.05) is 12.1 Å². The molecule has 7 nitrogen and oxygen atoms in total. The Kier molecular flexibility index (Phi) is 5.25. The van der Waals surface area contributed by atoms with Gasteiger partial charge in [-0.3, -0.25) is 9.69 Å². The number of rotatable bonds is 5. The van der Waals surface area contributed by atoms with Crippen LogP contribution in [0, 0.1) is 0 Å². The molecular formula is C21H24N2O5. The molecule has 0 N–H and O–H groups in total. The van der Waals surface area contributed by atoms with Gasteiger partial charge in [0.1, 0.15) is 11.5 Å². The summed E-state index contributed by atoms with van der Waals surface area (Å²) in [6.45, 7) is 3.90. The van der Waals surface area contributed by atoms with Crippen LogP contribution in [-0.4, -0.2) is 62.9 Å². The number of amides is 1. The van der Waals surface area contributed by atoms with Crippen molar-refractivity contribution in [2.24, 2.45) is 0 Å². The Morgan fingerprint density at radius 2 is 1.64 bits per heavy atom. The van der Waals surface area contributed by atoms with Gasteiger partial charge in [0.05, 0.1) is 19.8 Å². The maximum Gasteiger partial charge on any atom is 0.257 e. The quantitative estimate of drug-likeness (QED) is 0.789. The van der Waals surface area contributed by atoms with Crippen LogP contribution >= 0.6 is 0 Å². The highest BCUT2D eigenvalue weighted by Crippen LogP contribution is 2.38. The first kappa shape index (κ1) is 18.4. The van der Waals surface area contributed by atoms with E-state index < -0.39 is 0 Å². The van der Waals surface area contributed by atoms with Crippen molar-refractivity contribution in [3.63, 3.8) is 0 Å². The van der Waals surface area contributed by atoms with Gasteiger partial charge >= 0.3 is 0 Å². The number of ether oxygens (including phenoxy) is 4. The number of benzene rings is 2. The number of hydrogen-bond acceptors (Lipinski definition) is 6. The second-order valence-electron chi connectivity index (χ2n) is 6.79. The molecule has 0 unspecified atom stereocenters. The maximum absolute atomic E-state index is 12.8. The summed E-state index contributed by atoms with van der Waals surface area (Å²) in [6, 6.07) is 11.2. The van der Waals surface area contributed by atoms with Crippen LogP contribution in [0.4, 0.5) is 0 Å². The Bertz CT molecular complexity index is 862. The molecule has 0 aromatic heterocycles. The van der Waals surface area contributed by atoms with Gasteiger partial charge in [0.2, 0.25) is 6.79 Å². The summed E-state index contributed by atoms with van der Waals surface area (Å²) >= 11 is 0. The molecule has 0 aliphatic carbocycles. The van der Waals surface area contributed by atoms with Crippen LogP contribution in [-0.2, 0) is 6.54 Å². The van der Waals surface area contributed by atoms with Crippen molar-refractivity contribution in [2.75, 3.05) is 47.2 Å². The predicted molar refractivity (Wildman–Crippen MR) is 103 cm³/mol. The molecule has 1 amide bonds. The molecule has 4 rings (SSSR count). The van der Waals surface area contributed by atoms with Gasteiger partial charge in [-0.15, -0.1) is 0 Å². The third-order valence-corrected chi connectivity index (χ3v) is 5.17. The molecule has 1 saturated heterocycles. The predicted octanol–water partition coefficient (Wildman–Crippen LogP) is 2.39. The van der Waals surface area contributed by atoms with Gasteiger partial charge in [0.25, 0.3) is 5.91 Å². The zero-order chi connectivity index (χ0) is 19.5. The fourth-order valence-corrected chi connectivity index (χ4v) is 3.62. The number of carbonyl (C=O) groups excluding carboxylic acids is 1. The van der Waals surface area contributed by atoms with Crippen LogP contribution < -0.4 is 18.9 Å². The number of para-hydroxylation sites is 1. The minimum absolute atomic E-state index is 0.0118. The number of piperazine rings is 1. The van der Waals surface area contributed by atoms with Crippen molar-refractivity contribution < 1.29 is 23.7 Å². The third kappa shape index (κ3) is 3.57. The minimum Gasteiger partial charge on any atom is -0.496 e. The molecule has 0 saturated carbocycles. The van der Waals surface area contributed by atoms with E-state index >= 15 is 0 Å². The van der Waals surface area contributed by atoms with Gasteiger partial charge in [-0.25, -0.2) is 0 Å². The fraction of sp³-hybridized carbons (Fsp3) is 0.381. The molecule has 2 aliphatic heterocycles. The lowest BCUT2D eigenvalue weighted by atomic mass is 10.1. The molecular weight excluding hydrogens is 360 g/mol. The molecule has 148 valence electrons. The van der Waals surface area contributed by atoms with Gasteiger partial charge in [0.15, 0.2) is 11.5 Å². The third-order valence-electron chi connectivity index (χ3n) is 5.17. The zero-order valence-electron chi connectivity index (χ0n) is 16.1. The summed E-state index contributed by atoms with van der Waals surface area (Å²) in [6.07, 6.45) is 0. The van der Waals surface area contributed by atoms with Crippen LogP contribution in [0.15, 0.2) is 36.4 Å². The first-order chi connectivity index (χ1) is 13.7. The standard InChI is InChI=1S/C21H24N2O5/c1-25-17-6-4-3-5-16(17)21(24)23-9-7-22(8-10-23)13-15-11-19-20(28-14-27-19)12-18(15)26-2/h3-6,11-12H,7-10,13-14H2,1-2H3. The van der Waals surface area contributed by atoms with E-state index in [1.165, 1.54) is 0 Å². The van der Waals surface area contributed by atoms with Crippen molar-refractivity contribution in [2.45, 2.75) is 6.54 Å². The van der Waals surface area contributed by atoms with E-state index in [0.29, 0.717) is 30.2 Å². The lowest BCUT2D eigenvalue weighted by Crippen LogP contribution is -2.48. The second kappa shape index (κ2) is 7.98. The average Bonchev–Trinajstić information content (AvgIpc) is 3.20. The first-order valence-corrected chi connectivity index (χ1v) is 9.30. The van der Waals surface area contributed by atoms with Gasteiger partial charge in [0, 0.05) is 44.4 Å². The molecule has 0 bridgehead atoms. The summed E-state index contributed by atoms with van der Waals surface area (Å²) < 4.78 is 21.7. The van der Waals surface area contributed by atoms with Crippen LogP contribution in [0.1, 0.15) is 15.9 Å². The Labute approximate surface area is 164 Å². The summed E-state index contributed by atoms with van der Waals surface area (Å²) in [5.41, 5.74) is 1.66. The lowest BCUT2D eigenvalue weighted by Gasteiger charge is -2.35. The summed E-state index contributed by atoms with van der Waals surface area (Å²) in [4.78, 5) is 17.0. The highest BCUT2D eigenvalue weighted by atomic mass is 16.7. The number of fused-ring (bicyclic) bond motifs is 1. The smallest absolute Gasteiger partial charge is 0.257 e. The Morgan fingerprint density at radius 3 is 2.36 bits per heavy atom. The van der Waals surface area contributed by atoms with E-state index in [4.69, 9.17) is 18.9 Å². The highest BCUT2D eigenvalue weighted by Gasteiger charge is 2.25. The summed E-state index contributed by atoms with van der Waals surface area (Å²) in [7, 11) is 3.24. The van der Waals surface area contributed by atoms with Gasteiger partial charge in [-0.2, -0.15) is 0 Å². The van der Waals surface area contributed by atoms with Gasteiger partial charge in [-0.05, 0) is 18.2 Å². The van der Waals surface area contributed by atoms with Crippen LogP contribution in [0.2, 0.25) is 0 Å². The largest absolute Gasteiger partial charge is 0.496 e. The van der Waals surface area contributed by atoms with Crippen molar-refractivity contribution in [1.29, 1.82) is 0 Å². The second-order valence-corrected chi connectivity index (χ2v) is 6.79. The number of nitrogens with zero attached hydrogens (tertiary/aromatic N) is 2. The highest BCUT2D eigenvalue weighted by molar-refractivity contribution is 5.97. The molecule has 7 heteroatoms. The number of carbonyl (C=O) groups is 1. The number of hydrogen-bond donors (Lipinski definition) is 0. The van der Waals surface area contributed by atoms with Crippen molar-refractivity contribution in [1.82, 2.24) is 9.80 Å². The molecule has 0 spiro atoms. The molecule has 0 atom stereocenters. The Hall–Kier alpha value is -2.93. The minimum atomic E-state index is 0.0118. The SMILES string of the molecule is COc1cc2c(cc1CN1CCN(C(=O)c3ccccc3OC)CC1)OCO2. The monoisotopic (exact) mass is 384 g/mol. The Morgan fingerprint density at radius 1 is 0.964 bits per heavy atom. The maximum atomic E-state index is 12.8. The van der Waals surface area contributed by atoms with Crippen LogP contribution in [0.3, 0.4) is 0 Å².